The van der Waals surface area contributed by atoms with E-state index in [-0.39, 0.29) is 34.0 Å². The minimum atomic E-state index is -0.961. The number of hydrogen-bond donors (Lipinski definition) is 0. The van der Waals surface area contributed by atoms with Gasteiger partial charge in [-0.25, -0.2) is 9.79 Å². The van der Waals surface area contributed by atoms with Gasteiger partial charge in [-0.1, -0.05) is 11.3 Å². The van der Waals surface area contributed by atoms with Crippen LogP contribution in [0.1, 0.15) is 31.0 Å². The van der Waals surface area contributed by atoms with Crippen molar-refractivity contribution in [2.75, 3.05) is 27.9 Å². The van der Waals surface area contributed by atoms with E-state index in [4.69, 9.17) is 23.7 Å². The number of carbonyl (C=O) groups is 1. The molecule has 0 spiro atoms. The highest BCUT2D eigenvalue weighted by Crippen LogP contribution is 2.43. The summed E-state index contributed by atoms with van der Waals surface area (Å²) >= 11 is 4.51. The van der Waals surface area contributed by atoms with Gasteiger partial charge in [0.05, 0.1) is 64.1 Å². The molecule has 15 nitrogen and oxygen atoms in total. The van der Waals surface area contributed by atoms with Gasteiger partial charge in [0.15, 0.2) is 16.3 Å². The van der Waals surface area contributed by atoms with Crippen molar-refractivity contribution in [2.45, 2.75) is 19.9 Å². The predicted octanol–water partition coefficient (Wildman–Crippen LogP) is 5.20. The van der Waals surface area contributed by atoms with Gasteiger partial charge in [0.1, 0.15) is 17.5 Å². The third-order valence-corrected chi connectivity index (χ3v) is 8.93. The first kappa shape index (κ1) is 34.8. The molecule has 0 bridgehead atoms. The summed E-state index contributed by atoms with van der Waals surface area (Å²) in [5.74, 6) is 0.198. The molecule has 4 aromatic rings. The first-order valence-electron chi connectivity index (χ1n) is 14.3. The molecule has 5 rings (SSSR count). The largest absolute Gasteiger partial charge is 0.497 e. The van der Waals surface area contributed by atoms with E-state index < -0.39 is 38.8 Å². The number of methoxy groups -OCH3 is 3. The van der Waals surface area contributed by atoms with E-state index in [9.17, 15) is 29.8 Å². The van der Waals surface area contributed by atoms with Crippen LogP contribution in [0.2, 0.25) is 0 Å². The van der Waals surface area contributed by atoms with Gasteiger partial charge in [0, 0.05) is 11.6 Å². The minimum Gasteiger partial charge on any atom is -0.497 e. The Morgan fingerprint density at radius 3 is 2.35 bits per heavy atom. The second-order valence-electron chi connectivity index (χ2n) is 10.2. The normalized spacial score (nSPS) is 14.1. The summed E-state index contributed by atoms with van der Waals surface area (Å²) in [5.41, 5.74) is -0.0445. The second kappa shape index (κ2) is 14.3. The summed E-state index contributed by atoms with van der Waals surface area (Å²) in [6, 6.07) is 10.3. The van der Waals surface area contributed by atoms with E-state index in [2.05, 4.69) is 20.9 Å². The summed E-state index contributed by atoms with van der Waals surface area (Å²) in [6.07, 6.45) is 1.60. The molecule has 0 radical (unpaired) electrons. The number of rotatable bonds is 11. The van der Waals surface area contributed by atoms with Crippen LogP contribution in [0.25, 0.3) is 6.08 Å². The number of halogens is 1. The third kappa shape index (κ3) is 6.75. The maximum atomic E-state index is 14.2. The Morgan fingerprint density at radius 2 is 1.71 bits per heavy atom. The molecule has 0 fully saturated rings. The summed E-state index contributed by atoms with van der Waals surface area (Å²) < 4.78 is 29.8. The number of thiazole rings is 1. The molecule has 0 amide bonds. The first-order valence-corrected chi connectivity index (χ1v) is 15.9. The number of fused-ring (bicyclic) bond motifs is 1. The SMILES string of the molecule is CCOC(=O)C1=C(C)N=c2s/c(=C\c3cc(Br)c(Oc4ccc([N+](=O)[O-])cc4[N+](=O)[O-])c(OC)c3)c(=O)n2[C@@H]1c1cc(OC)ccc1OC. The fourth-order valence-corrected chi connectivity index (χ4v) is 6.76. The van der Waals surface area contributed by atoms with E-state index in [0.29, 0.717) is 37.6 Å². The van der Waals surface area contributed by atoms with Crippen LogP contribution in [0.15, 0.2) is 74.1 Å². The van der Waals surface area contributed by atoms with Gasteiger partial charge in [-0.05, 0) is 77.8 Å². The van der Waals surface area contributed by atoms with Crippen LogP contribution in [0, 0.1) is 20.2 Å². The van der Waals surface area contributed by atoms with Crippen molar-refractivity contribution in [1.29, 1.82) is 0 Å². The average molecular weight is 756 g/mol. The van der Waals surface area contributed by atoms with Crippen LogP contribution < -0.4 is 33.8 Å². The Bertz CT molecular complexity index is 2230. The maximum Gasteiger partial charge on any atom is 0.338 e. The number of nitro benzene ring substituents is 2. The molecule has 0 saturated carbocycles. The Balaban J connectivity index is 1.65. The van der Waals surface area contributed by atoms with Gasteiger partial charge in [-0.15, -0.1) is 0 Å². The average Bonchev–Trinajstić information content (AvgIpc) is 3.38. The van der Waals surface area contributed by atoms with Crippen LogP contribution in [-0.2, 0) is 9.53 Å². The summed E-state index contributed by atoms with van der Waals surface area (Å²) in [4.78, 5) is 53.7. The number of allylic oxidation sites excluding steroid dienone is 1. The van der Waals surface area contributed by atoms with Crippen molar-refractivity contribution in [3.63, 3.8) is 0 Å². The zero-order valence-electron chi connectivity index (χ0n) is 26.5. The van der Waals surface area contributed by atoms with Crippen LogP contribution in [0.5, 0.6) is 28.7 Å². The Morgan fingerprint density at radius 1 is 1.00 bits per heavy atom. The topological polar surface area (TPSA) is 184 Å². The molecule has 1 atom stereocenters. The maximum absolute atomic E-state index is 14.2. The highest BCUT2D eigenvalue weighted by Gasteiger charge is 2.35. The van der Waals surface area contributed by atoms with Crippen molar-refractivity contribution in [3.8, 4) is 28.7 Å². The lowest BCUT2D eigenvalue weighted by atomic mass is 9.94. The number of esters is 1. The first-order chi connectivity index (χ1) is 23.4. The minimum absolute atomic E-state index is 0.0536. The molecule has 1 aliphatic rings. The van der Waals surface area contributed by atoms with E-state index in [1.165, 1.54) is 25.9 Å². The van der Waals surface area contributed by atoms with Gasteiger partial charge in [0.2, 0.25) is 5.75 Å². The Labute approximate surface area is 289 Å². The zero-order chi connectivity index (χ0) is 35.6. The molecule has 2 heterocycles. The molecule has 1 aromatic heterocycles. The number of non-ortho nitro benzene ring substituents is 1. The number of carbonyl (C=O) groups excluding carboxylic acids is 1. The van der Waals surface area contributed by atoms with Crippen LogP contribution in [0.3, 0.4) is 0 Å². The third-order valence-electron chi connectivity index (χ3n) is 7.36. The van der Waals surface area contributed by atoms with Crippen molar-refractivity contribution in [3.05, 3.63) is 115 Å². The predicted molar refractivity (Wildman–Crippen MR) is 180 cm³/mol. The van der Waals surface area contributed by atoms with Crippen molar-refractivity contribution in [2.24, 2.45) is 4.99 Å². The molecule has 0 aliphatic carbocycles. The quantitative estimate of drug-likeness (QED) is 0.111. The fourth-order valence-electron chi connectivity index (χ4n) is 5.17. The molecule has 0 unspecified atom stereocenters. The number of nitrogens with zero attached hydrogens (tertiary/aromatic N) is 4. The van der Waals surface area contributed by atoms with E-state index in [0.717, 1.165) is 29.5 Å². The molecule has 0 saturated heterocycles. The van der Waals surface area contributed by atoms with E-state index in [1.807, 2.05) is 0 Å². The molecule has 254 valence electrons. The molecule has 17 heteroatoms. The number of benzene rings is 3. The van der Waals surface area contributed by atoms with Crippen molar-refractivity contribution < 1.29 is 38.3 Å². The molecular formula is C32H27BrN4O11S. The van der Waals surface area contributed by atoms with Gasteiger partial charge in [-0.3, -0.25) is 29.6 Å². The highest BCUT2D eigenvalue weighted by molar-refractivity contribution is 9.10. The van der Waals surface area contributed by atoms with E-state index >= 15 is 0 Å². The van der Waals surface area contributed by atoms with Crippen molar-refractivity contribution >= 4 is 50.7 Å². The molecule has 1 aliphatic heterocycles. The molecule has 49 heavy (non-hydrogen) atoms. The molecule has 0 N–H and O–H groups in total. The Hall–Kier alpha value is -5.55. The lowest BCUT2D eigenvalue weighted by molar-refractivity contribution is -0.394. The number of ether oxygens (including phenoxy) is 5. The van der Waals surface area contributed by atoms with Crippen LogP contribution >= 0.6 is 27.3 Å². The lowest BCUT2D eigenvalue weighted by Crippen LogP contribution is -2.40. The van der Waals surface area contributed by atoms with Gasteiger partial charge in [0.25, 0.3) is 11.2 Å². The summed E-state index contributed by atoms with van der Waals surface area (Å²) in [7, 11) is 4.34. The number of nitro groups is 2. The lowest BCUT2D eigenvalue weighted by Gasteiger charge is -2.26. The highest BCUT2D eigenvalue weighted by atomic mass is 79.9. The number of hydrogen-bond acceptors (Lipinski definition) is 13. The fraction of sp³-hybridized carbons (Fsp3) is 0.219. The standard InChI is InChI=1S/C32H27BrN4O11S/c1-6-47-31(39)27-16(2)34-32-35(28(27)20-15-19(44-3)8-10-23(20)45-4)30(38)26(49-32)13-17-11-21(33)29(25(12-17)46-5)48-24-9-7-18(36(40)41)14-22(24)37(42)43/h7-15,28H,6H2,1-5H3/b26-13-/t28-/m1/s1. The molecular weight excluding hydrogens is 728 g/mol. The van der Waals surface area contributed by atoms with E-state index in [1.54, 1.807) is 50.3 Å². The summed E-state index contributed by atoms with van der Waals surface area (Å²) in [5, 5.41) is 22.8. The number of aromatic nitrogens is 1. The van der Waals surface area contributed by atoms with Gasteiger partial charge in [-0.2, -0.15) is 0 Å². The van der Waals surface area contributed by atoms with Gasteiger partial charge < -0.3 is 23.7 Å². The van der Waals surface area contributed by atoms with Crippen LogP contribution in [-0.4, -0.2) is 48.3 Å². The monoisotopic (exact) mass is 754 g/mol. The summed E-state index contributed by atoms with van der Waals surface area (Å²) in [6.45, 7) is 3.45. The van der Waals surface area contributed by atoms with Gasteiger partial charge >= 0.3 is 11.7 Å². The molecule has 3 aromatic carbocycles. The Kier molecular flexibility index (Phi) is 10.1. The smallest absolute Gasteiger partial charge is 0.338 e. The van der Waals surface area contributed by atoms with Crippen LogP contribution in [0.4, 0.5) is 11.4 Å². The zero-order valence-corrected chi connectivity index (χ0v) is 28.9. The second-order valence-corrected chi connectivity index (χ2v) is 12.1. The van der Waals surface area contributed by atoms with Crippen molar-refractivity contribution in [1.82, 2.24) is 4.57 Å².